The Morgan fingerprint density at radius 2 is 1.85 bits per heavy atom. The van der Waals surface area contributed by atoms with E-state index in [1.54, 1.807) is 24.1 Å². The number of amides is 2. The summed E-state index contributed by atoms with van der Waals surface area (Å²) in [7, 11) is 1.76. The van der Waals surface area contributed by atoms with Gasteiger partial charge in [-0.3, -0.25) is 9.59 Å². The molecule has 1 unspecified atom stereocenters. The van der Waals surface area contributed by atoms with Gasteiger partial charge < -0.3 is 15.2 Å². The third kappa shape index (κ3) is 3.98. The predicted molar refractivity (Wildman–Crippen MR) is 118 cm³/mol. The molecule has 2 heterocycles. The molecule has 172 valence electrons. The van der Waals surface area contributed by atoms with E-state index in [1.165, 1.54) is 18.2 Å². The molecule has 5 nitrogen and oxygen atoms in total. The zero-order chi connectivity index (χ0) is 23.3. The smallest absolute Gasteiger partial charge is 0.223 e. The lowest BCUT2D eigenvalue weighted by molar-refractivity contribution is -0.128. The number of aromatic nitrogens is 1. The molecule has 1 aromatic heterocycles. The lowest BCUT2D eigenvalue weighted by Gasteiger charge is -2.35. The average molecular weight is 455 g/mol. The molecular formula is C25H24F3N3O2. The summed E-state index contributed by atoms with van der Waals surface area (Å²) >= 11 is 0. The van der Waals surface area contributed by atoms with Crippen molar-refractivity contribution in [3.63, 3.8) is 0 Å². The monoisotopic (exact) mass is 455 g/mol. The van der Waals surface area contributed by atoms with Crippen molar-refractivity contribution in [3.8, 4) is 11.3 Å². The molecule has 33 heavy (non-hydrogen) atoms. The van der Waals surface area contributed by atoms with Crippen LogP contribution < -0.4 is 5.32 Å². The van der Waals surface area contributed by atoms with Crippen molar-refractivity contribution >= 4 is 22.7 Å². The lowest BCUT2D eigenvalue weighted by Crippen LogP contribution is -2.40. The normalized spacial score (nSPS) is 22.6. The Bertz CT molecular complexity index is 1230. The summed E-state index contributed by atoms with van der Waals surface area (Å²) in [5.74, 6) is -1.86. The van der Waals surface area contributed by atoms with Crippen molar-refractivity contribution in [2.24, 2.45) is 11.8 Å². The second-order valence-electron chi connectivity index (χ2n) is 9.19. The van der Waals surface area contributed by atoms with Crippen LogP contribution in [0.25, 0.3) is 22.2 Å². The van der Waals surface area contributed by atoms with Gasteiger partial charge in [-0.1, -0.05) is 0 Å². The zero-order valence-corrected chi connectivity index (χ0v) is 18.1. The first kappa shape index (κ1) is 21.6. The van der Waals surface area contributed by atoms with Gasteiger partial charge in [0.25, 0.3) is 0 Å². The highest BCUT2D eigenvalue weighted by atomic mass is 19.1. The van der Waals surface area contributed by atoms with Crippen LogP contribution in [0.3, 0.4) is 0 Å². The fourth-order valence-corrected chi connectivity index (χ4v) is 5.06. The maximum absolute atomic E-state index is 14.5. The van der Waals surface area contributed by atoms with Crippen LogP contribution in [-0.2, 0) is 9.59 Å². The molecule has 2 fully saturated rings. The number of fused-ring (bicyclic) bond motifs is 1. The van der Waals surface area contributed by atoms with Crippen LogP contribution in [0.4, 0.5) is 13.2 Å². The van der Waals surface area contributed by atoms with Gasteiger partial charge in [-0.05, 0) is 60.2 Å². The van der Waals surface area contributed by atoms with Crippen molar-refractivity contribution in [2.75, 3.05) is 20.1 Å². The lowest BCUT2D eigenvalue weighted by atomic mass is 9.70. The van der Waals surface area contributed by atoms with Crippen LogP contribution in [0.1, 0.15) is 30.7 Å². The van der Waals surface area contributed by atoms with Crippen LogP contribution in [0, 0.1) is 29.3 Å². The number of halogens is 3. The number of carbonyl (C=O) groups excluding carboxylic acids is 2. The van der Waals surface area contributed by atoms with Crippen molar-refractivity contribution in [1.82, 2.24) is 15.2 Å². The van der Waals surface area contributed by atoms with E-state index in [0.717, 1.165) is 11.6 Å². The van der Waals surface area contributed by atoms with Crippen molar-refractivity contribution in [2.45, 2.75) is 25.2 Å². The number of nitrogens with zero attached hydrogens (tertiary/aromatic N) is 1. The first-order valence-electron chi connectivity index (χ1n) is 11.1. The molecule has 8 heteroatoms. The molecule has 5 rings (SSSR count). The molecule has 1 atom stereocenters. The molecule has 1 aliphatic heterocycles. The Morgan fingerprint density at radius 1 is 1.12 bits per heavy atom. The van der Waals surface area contributed by atoms with Gasteiger partial charge in [0.15, 0.2) is 0 Å². The van der Waals surface area contributed by atoms with Gasteiger partial charge in [0.2, 0.25) is 11.8 Å². The minimum atomic E-state index is -0.690. The minimum Gasteiger partial charge on any atom is -0.356 e. The number of likely N-dealkylation sites (tertiary alicyclic amines) is 1. The third-order valence-corrected chi connectivity index (χ3v) is 6.90. The van der Waals surface area contributed by atoms with Crippen LogP contribution in [0.15, 0.2) is 36.4 Å². The topological polar surface area (TPSA) is 65.2 Å². The van der Waals surface area contributed by atoms with Gasteiger partial charge >= 0.3 is 0 Å². The van der Waals surface area contributed by atoms with Crippen LogP contribution in [0.5, 0.6) is 0 Å². The highest BCUT2D eigenvalue weighted by Crippen LogP contribution is 2.48. The van der Waals surface area contributed by atoms with Gasteiger partial charge in [0.1, 0.15) is 17.5 Å². The highest BCUT2D eigenvalue weighted by molar-refractivity contribution is 5.92. The van der Waals surface area contributed by atoms with E-state index in [4.69, 9.17) is 0 Å². The van der Waals surface area contributed by atoms with E-state index < -0.39 is 11.6 Å². The summed E-state index contributed by atoms with van der Waals surface area (Å²) in [5, 5.41) is 3.40. The Morgan fingerprint density at radius 3 is 2.52 bits per heavy atom. The summed E-state index contributed by atoms with van der Waals surface area (Å²) < 4.78 is 42.0. The van der Waals surface area contributed by atoms with Crippen LogP contribution >= 0.6 is 0 Å². The number of aromatic amines is 1. The second-order valence-corrected chi connectivity index (χ2v) is 9.19. The number of hydrogen-bond acceptors (Lipinski definition) is 2. The predicted octanol–water partition coefficient (Wildman–Crippen LogP) is 4.34. The van der Waals surface area contributed by atoms with E-state index in [1.807, 2.05) is 0 Å². The Hall–Kier alpha value is -3.29. The van der Waals surface area contributed by atoms with Crippen molar-refractivity contribution < 1.29 is 22.8 Å². The first-order valence-corrected chi connectivity index (χ1v) is 11.1. The summed E-state index contributed by atoms with van der Waals surface area (Å²) in [6.45, 7) is 1.10. The first-order chi connectivity index (χ1) is 15.8. The standard InChI is InChI=1S/C25H24F3N3O2/c1-31-12-13(6-21(31)32)11-29-25(33)16-7-15(8-16)22-19-9-18(27)10-20(28)24(19)30-23(22)14-2-4-17(26)5-3-14/h2-5,9-10,13,15-16,30H,6-8,11-12H2,1H3,(H,29,33). The molecule has 3 aromatic rings. The van der Waals surface area contributed by atoms with E-state index in [2.05, 4.69) is 10.3 Å². The van der Waals surface area contributed by atoms with Gasteiger partial charge in [-0.25, -0.2) is 13.2 Å². The summed E-state index contributed by atoms with van der Waals surface area (Å²) in [6.07, 6.45) is 1.54. The summed E-state index contributed by atoms with van der Waals surface area (Å²) in [6, 6.07) is 7.98. The zero-order valence-electron chi connectivity index (χ0n) is 18.1. The highest BCUT2D eigenvalue weighted by Gasteiger charge is 2.39. The maximum atomic E-state index is 14.5. The quantitative estimate of drug-likeness (QED) is 0.601. The van der Waals surface area contributed by atoms with Crippen LogP contribution in [-0.4, -0.2) is 41.8 Å². The molecule has 1 saturated carbocycles. The molecule has 0 bridgehead atoms. The van der Waals surface area contributed by atoms with Gasteiger partial charge in [-0.15, -0.1) is 0 Å². The van der Waals surface area contributed by atoms with Crippen LogP contribution in [0.2, 0.25) is 0 Å². The number of nitrogens with one attached hydrogen (secondary N) is 2. The number of rotatable bonds is 5. The number of benzene rings is 2. The Kier molecular flexibility index (Phi) is 5.38. The molecule has 1 saturated heterocycles. The third-order valence-electron chi connectivity index (χ3n) is 6.90. The molecule has 2 aromatic carbocycles. The number of hydrogen-bond donors (Lipinski definition) is 2. The van der Waals surface area contributed by atoms with E-state index in [9.17, 15) is 22.8 Å². The largest absolute Gasteiger partial charge is 0.356 e. The second kappa shape index (κ2) is 8.24. The molecular weight excluding hydrogens is 431 g/mol. The molecule has 1 aliphatic carbocycles. The minimum absolute atomic E-state index is 0.0602. The average Bonchev–Trinajstić information content (AvgIpc) is 3.26. The molecule has 2 N–H and O–H groups in total. The van der Waals surface area contributed by atoms with Gasteiger partial charge in [-0.2, -0.15) is 0 Å². The Labute approximate surface area is 189 Å². The van der Waals surface area contributed by atoms with E-state index >= 15 is 0 Å². The molecule has 0 spiro atoms. The molecule has 2 amide bonds. The summed E-state index contributed by atoms with van der Waals surface area (Å²) in [4.78, 5) is 29.0. The van der Waals surface area contributed by atoms with E-state index in [0.29, 0.717) is 49.0 Å². The van der Waals surface area contributed by atoms with Crippen molar-refractivity contribution in [1.29, 1.82) is 0 Å². The molecule has 0 radical (unpaired) electrons. The SMILES string of the molecule is CN1CC(CNC(=O)C2CC(c3c(-c4ccc(F)cc4)[nH]c4c(F)cc(F)cc34)C2)CC1=O. The Balaban J connectivity index is 1.35. The number of H-pyrrole nitrogens is 1. The number of carbonyl (C=O) groups is 2. The van der Waals surface area contributed by atoms with Crippen molar-refractivity contribution in [3.05, 3.63) is 59.4 Å². The van der Waals surface area contributed by atoms with Gasteiger partial charge in [0, 0.05) is 49.8 Å². The fraction of sp³-hybridized carbons (Fsp3) is 0.360. The molecule has 2 aliphatic rings. The van der Waals surface area contributed by atoms with Gasteiger partial charge in [0.05, 0.1) is 11.2 Å². The van der Waals surface area contributed by atoms with E-state index in [-0.39, 0.29) is 40.9 Å². The fourth-order valence-electron chi connectivity index (χ4n) is 5.06. The summed E-state index contributed by atoms with van der Waals surface area (Å²) in [5.41, 5.74) is 2.24. The maximum Gasteiger partial charge on any atom is 0.223 e.